The quantitative estimate of drug-likeness (QED) is 0.505. The van der Waals surface area contributed by atoms with Crippen LogP contribution in [0.2, 0.25) is 15.1 Å². The first-order valence-corrected chi connectivity index (χ1v) is 7.91. The minimum Gasteiger partial charge on any atom is -0.495 e. The second kappa shape index (κ2) is 6.76. The van der Waals surface area contributed by atoms with Crippen LogP contribution in [0.15, 0.2) is 34.8 Å². The normalized spacial score (nSPS) is 12.3. The van der Waals surface area contributed by atoms with Gasteiger partial charge in [0, 0.05) is 20.6 Å². The first-order valence-electron chi connectivity index (χ1n) is 5.55. The van der Waals surface area contributed by atoms with Crippen LogP contribution in [0.25, 0.3) is 0 Å². The third-order valence-electron chi connectivity index (χ3n) is 2.69. The van der Waals surface area contributed by atoms with Crippen LogP contribution >= 0.6 is 62.3 Å². The minimum atomic E-state index is -0.476. The Morgan fingerprint density at radius 2 is 1.50 bits per heavy atom. The Hall–Kier alpha value is -0.120. The van der Waals surface area contributed by atoms with Crippen molar-refractivity contribution in [1.29, 1.82) is 0 Å². The van der Waals surface area contributed by atoms with Gasteiger partial charge < -0.3 is 4.74 Å². The molecule has 106 valence electrons. The molecule has 6 heteroatoms. The van der Waals surface area contributed by atoms with Crippen molar-refractivity contribution in [3.05, 3.63) is 61.0 Å². The van der Waals surface area contributed by atoms with E-state index in [0.29, 0.717) is 20.8 Å². The molecule has 0 aliphatic rings. The third kappa shape index (κ3) is 3.55. The van der Waals surface area contributed by atoms with Gasteiger partial charge in [-0.1, -0.05) is 34.8 Å². The molecule has 2 rings (SSSR count). The molecule has 0 aromatic heterocycles. The highest BCUT2D eigenvalue weighted by Gasteiger charge is 2.19. The molecule has 2 aromatic carbocycles. The molecule has 1 atom stereocenters. The molecule has 0 amide bonds. The molecule has 0 heterocycles. The van der Waals surface area contributed by atoms with Crippen molar-refractivity contribution in [2.24, 2.45) is 0 Å². The molecular formula is C14H9BrCl4O. The van der Waals surface area contributed by atoms with Gasteiger partial charge in [0.1, 0.15) is 5.75 Å². The maximum Gasteiger partial charge on any atom is 0.138 e. The first kappa shape index (κ1) is 16.3. The molecule has 1 nitrogen and oxygen atoms in total. The van der Waals surface area contributed by atoms with Gasteiger partial charge in [-0.2, -0.15) is 0 Å². The second-order valence-corrected chi connectivity index (χ2v) is 6.68. The van der Waals surface area contributed by atoms with Gasteiger partial charge in [-0.05, 0) is 51.8 Å². The molecule has 20 heavy (non-hydrogen) atoms. The molecule has 2 aromatic rings. The fraction of sp³-hybridized carbons (Fsp3) is 0.143. The molecule has 0 saturated heterocycles. The molecule has 0 aliphatic carbocycles. The molecule has 0 saturated carbocycles. The highest BCUT2D eigenvalue weighted by atomic mass is 79.9. The number of ether oxygens (including phenoxy) is 1. The predicted octanol–water partition coefficient (Wildman–Crippen LogP) is 6.75. The fourth-order valence-electron chi connectivity index (χ4n) is 1.88. The highest BCUT2D eigenvalue weighted by molar-refractivity contribution is 9.10. The molecule has 0 bridgehead atoms. The lowest BCUT2D eigenvalue weighted by Gasteiger charge is -2.17. The van der Waals surface area contributed by atoms with Gasteiger partial charge in [0.05, 0.1) is 17.0 Å². The zero-order valence-corrected chi connectivity index (χ0v) is 14.9. The van der Waals surface area contributed by atoms with Crippen LogP contribution in [-0.4, -0.2) is 7.11 Å². The van der Waals surface area contributed by atoms with E-state index in [4.69, 9.17) is 51.1 Å². The molecule has 0 N–H and O–H groups in total. The third-order valence-corrected chi connectivity index (χ3v) is 4.42. The Morgan fingerprint density at radius 1 is 0.950 bits per heavy atom. The Balaban J connectivity index is 2.55. The van der Waals surface area contributed by atoms with Crippen molar-refractivity contribution >= 4 is 62.3 Å². The first-order chi connectivity index (χ1) is 9.42. The SMILES string of the molecule is COc1c(Br)cc(Cl)cc1C(Cl)c1cc(Cl)cc(Cl)c1. The van der Waals surface area contributed by atoms with Gasteiger partial charge in [0.15, 0.2) is 0 Å². The van der Waals surface area contributed by atoms with Crippen LogP contribution in [0.4, 0.5) is 0 Å². The summed E-state index contributed by atoms with van der Waals surface area (Å²) in [5.74, 6) is 0.630. The van der Waals surface area contributed by atoms with Gasteiger partial charge in [0.25, 0.3) is 0 Å². The number of halogens is 5. The number of rotatable bonds is 3. The summed E-state index contributed by atoms with van der Waals surface area (Å²) in [7, 11) is 1.58. The van der Waals surface area contributed by atoms with E-state index in [1.165, 1.54) is 0 Å². The van der Waals surface area contributed by atoms with Crippen molar-refractivity contribution < 1.29 is 4.74 Å². The molecule has 0 aliphatic heterocycles. The van der Waals surface area contributed by atoms with Crippen LogP contribution in [-0.2, 0) is 0 Å². The Morgan fingerprint density at radius 3 is 2.05 bits per heavy atom. The van der Waals surface area contributed by atoms with Crippen LogP contribution in [0, 0.1) is 0 Å². The fourth-order valence-corrected chi connectivity index (χ4v) is 3.71. The van der Waals surface area contributed by atoms with E-state index in [-0.39, 0.29) is 0 Å². The largest absolute Gasteiger partial charge is 0.495 e. The summed E-state index contributed by atoms with van der Waals surface area (Å²) in [6.07, 6.45) is 0. The topological polar surface area (TPSA) is 9.23 Å². The maximum absolute atomic E-state index is 6.53. The molecule has 0 spiro atoms. The predicted molar refractivity (Wildman–Crippen MR) is 89.9 cm³/mol. The van der Waals surface area contributed by atoms with Gasteiger partial charge in [0.2, 0.25) is 0 Å². The van der Waals surface area contributed by atoms with Gasteiger partial charge >= 0.3 is 0 Å². The highest BCUT2D eigenvalue weighted by Crippen LogP contribution is 2.42. The maximum atomic E-state index is 6.53. The van der Waals surface area contributed by atoms with Crippen LogP contribution in [0.5, 0.6) is 5.75 Å². The van der Waals surface area contributed by atoms with E-state index >= 15 is 0 Å². The summed E-state index contributed by atoms with van der Waals surface area (Å²) in [6, 6.07) is 8.69. The Kier molecular flexibility index (Phi) is 5.49. The minimum absolute atomic E-state index is 0.476. The molecule has 0 radical (unpaired) electrons. The van der Waals surface area contributed by atoms with Gasteiger partial charge in [-0.15, -0.1) is 11.6 Å². The lowest BCUT2D eigenvalue weighted by molar-refractivity contribution is 0.407. The smallest absolute Gasteiger partial charge is 0.138 e. The molecule has 1 unspecified atom stereocenters. The number of hydrogen-bond donors (Lipinski definition) is 0. The monoisotopic (exact) mass is 412 g/mol. The number of hydrogen-bond acceptors (Lipinski definition) is 1. The molecule has 0 fully saturated rings. The van der Waals surface area contributed by atoms with E-state index in [1.54, 1.807) is 37.4 Å². The van der Waals surface area contributed by atoms with Crippen LogP contribution in [0.1, 0.15) is 16.5 Å². The summed E-state index contributed by atoms with van der Waals surface area (Å²) in [5, 5.41) is 1.14. The van der Waals surface area contributed by atoms with Crippen molar-refractivity contribution in [3.63, 3.8) is 0 Å². The van der Waals surface area contributed by atoms with Gasteiger partial charge in [-0.3, -0.25) is 0 Å². The van der Waals surface area contributed by atoms with Gasteiger partial charge in [-0.25, -0.2) is 0 Å². The van der Waals surface area contributed by atoms with Crippen molar-refractivity contribution in [3.8, 4) is 5.75 Å². The lowest BCUT2D eigenvalue weighted by Crippen LogP contribution is -1.99. The summed E-state index contributed by atoms with van der Waals surface area (Å²) >= 11 is 28.0. The van der Waals surface area contributed by atoms with Crippen molar-refractivity contribution in [2.45, 2.75) is 5.38 Å². The van der Waals surface area contributed by atoms with Crippen molar-refractivity contribution in [1.82, 2.24) is 0 Å². The number of alkyl halides is 1. The zero-order chi connectivity index (χ0) is 14.9. The summed E-state index contributed by atoms with van der Waals surface area (Å²) in [6.45, 7) is 0. The Bertz CT molecular complexity index is 625. The van der Waals surface area contributed by atoms with E-state index < -0.39 is 5.38 Å². The Labute approximate surface area is 145 Å². The average Bonchev–Trinajstić information content (AvgIpc) is 2.35. The summed E-state index contributed by atoms with van der Waals surface area (Å²) in [5.41, 5.74) is 1.52. The molecular weight excluding hydrogens is 406 g/mol. The second-order valence-electron chi connectivity index (χ2n) is 4.08. The van der Waals surface area contributed by atoms with E-state index in [9.17, 15) is 0 Å². The number of benzene rings is 2. The van der Waals surface area contributed by atoms with E-state index in [2.05, 4.69) is 15.9 Å². The number of methoxy groups -OCH3 is 1. The summed E-state index contributed by atoms with van der Waals surface area (Å²) < 4.78 is 6.12. The van der Waals surface area contributed by atoms with E-state index in [0.717, 1.165) is 15.6 Å². The summed E-state index contributed by atoms with van der Waals surface area (Å²) in [4.78, 5) is 0. The van der Waals surface area contributed by atoms with Crippen molar-refractivity contribution in [2.75, 3.05) is 7.11 Å². The zero-order valence-electron chi connectivity index (χ0n) is 10.3. The van der Waals surface area contributed by atoms with Crippen LogP contribution in [0.3, 0.4) is 0 Å². The van der Waals surface area contributed by atoms with E-state index in [1.807, 2.05) is 0 Å². The van der Waals surface area contributed by atoms with Crippen LogP contribution < -0.4 is 4.74 Å². The lowest BCUT2D eigenvalue weighted by atomic mass is 10.0. The average molecular weight is 415 g/mol. The standard InChI is InChI=1S/C14H9BrCl4O/c1-20-14-11(5-10(18)6-12(14)15)13(19)7-2-8(16)4-9(17)3-7/h2-6,13H,1H3.